The zero-order valence-electron chi connectivity index (χ0n) is 18.2. The SMILES string of the molecule is CCC(OC(=O)c1ccc(S(C)(=O)=O)c(N(O)O)c1)C(=O)NC1C2CC3CC(C2)CC1C3. The first kappa shape index (κ1) is 23.0. The van der Waals surface area contributed by atoms with Crippen LogP contribution >= 0.6 is 0 Å². The van der Waals surface area contributed by atoms with E-state index in [0.717, 1.165) is 55.9 Å². The van der Waals surface area contributed by atoms with E-state index in [9.17, 15) is 28.4 Å². The number of carbonyl (C=O) groups excluding carboxylic acids is 2. The number of rotatable bonds is 7. The average molecular weight is 467 g/mol. The third-order valence-corrected chi connectivity index (χ3v) is 8.40. The highest BCUT2D eigenvalue weighted by molar-refractivity contribution is 7.90. The second-order valence-corrected chi connectivity index (χ2v) is 11.5. The van der Waals surface area contributed by atoms with Gasteiger partial charge >= 0.3 is 5.97 Å². The minimum atomic E-state index is -3.76. The van der Waals surface area contributed by atoms with Gasteiger partial charge in [-0.15, -0.1) is 5.23 Å². The predicted octanol–water partition coefficient (Wildman–Crippen LogP) is 2.55. The van der Waals surface area contributed by atoms with Gasteiger partial charge in [0.2, 0.25) is 0 Å². The number of nitrogens with one attached hydrogen (secondary N) is 1. The van der Waals surface area contributed by atoms with Crippen LogP contribution in [0.3, 0.4) is 0 Å². The number of hydrogen-bond acceptors (Lipinski definition) is 8. The summed E-state index contributed by atoms with van der Waals surface area (Å²) in [6.45, 7) is 1.75. The molecule has 1 atom stereocenters. The molecular formula is C22H30N2O7S. The summed E-state index contributed by atoms with van der Waals surface area (Å²) < 4.78 is 29.1. The van der Waals surface area contributed by atoms with Crippen molar-refractivity contribution in [3.05, 3.63) is 23.8 Å². The summed E-state index contributed by atoms with van der Waals surface area (Å²) in [6.07, 6.45) is 6.15. The smallest absolute Gasteiger partial charge is 0.338 e. The number of carbonyl (C=O) groups is 2. The fourth-order valence-electron chi connectivity index (χ4n) is 6.05. The lowest BCUT2D eigenvalue weighted by atomic mass is 9.54. The van der Waals surface area contributed by atoms with Gasteiger partial charge in [-0.1, -0.05) is 6.92 Å². The van der Waals surface area contributed by atoms with Crippen LogP contribution in [0.15, 0.2) is 23.1 Å². The first-order valence-electron chi connectivity index (χ1n) is 11.1. The Kier molecular flexibility index (Phi) is 6.21. The van der Waals surface area contributed by atoms with E-state index < -0.39 is 27.6 Å². The first-order chi connectivity index (χ1) is 15.1. The second kappa shape index (κ2) is 8.64. The van der Waals surface area contributed by atoms with E-state index in [1.54, 1.807) is 6.92 Å². The highest BCUT2D eigenvalue weighted by Crippen LogP contribution is 2.53. The largest absolute Gasteiger partial charge is 0.449 e. The highest BCUT2D eigenvalue weighted by Gasteiger charge is 2.49. The molecule has 4 saturated carbocycles. The summed E-state index contributed by atoms with van der Waals surface area (Å²) in [6, 6.07) is 3.44. The summed E-state index contributed by atoms with van der Waals surface area (Å²) >= 11 is 0. The van der Waals surface area contributed by atoms with Crippen LogP contribution in [0, 0.1) is 23.7 Å². The van der Waals surface area contributed by atoms with Crippen LogP contribution in [0.2, 0.25) is 0 Å². The van der Waals surface area contributed by atoms with Crippen molar-refractivity contribution >= 4 is 27.4 Å². The maximum Gasteiger partial charge on any atom is 0.338 e. The van der Waals surface area contributed by atoms with Crippen molar-refractivity contribution in [2.45, 2.75) is 62.5 Å². The molecule has 32 heavy (non-hydrogen) atoms. The van der Waals surface area contributed by atoms with Crippen molar-refractivity contribution in [2.75, 3.05) is 11.5 Å². The number of hydrogen-bond donors (Lipinski definition) is 3. The molecule has 0 saturated heterocycles. The van der Waals surface area contributed by atoms with Crippen LogP contribution in [0.4, 0.5) is 5.69 Å². The quantitative estimate of drug-likeness (QED) is 0.412. The molecule has 9 nitrogen and oxygen atoms in total. The Morgan fingerprint density at radius 3 is 2.22 bits per heavy atom. The molecule has 1 unspecified atom stereocenters. The fourth-order valence-corrected chi connectivity index (χ4v) is 6.89. The maximum absolute atomic E-state index is 12.9. The molecule has 1 aromatic rings. The molecule has 3 N–H and O–H groups in total. The Balaban J connectivity index is 1.45. The lowest BCUT2D eigenvalue weighted by molar-refractivity contribution is -0.134. The van der Waals surface area contributed by atoms with Gasteiger partial charge in [0.05, 0.1) is 10.5 Å². The number of nitrogens with zero attached hydrogens (tertiary/aromatic N) is 1. The van der Waals surface area contributed by atoms with Crippen LogP contribution in [0.1, 0.15) is 55.8 Å². The zero-order chi connectivity index (χ0) is 23.2. The third-order valence-electron chi connectivity index (χ3n) is 7.26. The van der Waals surface area contributed by atoms with Gasteiger partial charge in [-0.3, -0.25) is 15.2 Å². The van der Waals surface area contributed by atoms with Crippen molar-refractivity contribution in [3.63, 3.8) is 0 Å². The van der Waals surface area contributed by atoms with Gasteiger partial charge in [0.15, 0.2) is 15.9 Å². The van der Waals surface area contributed by atoms with E-state index in [2.05, 4.69) is 5.32 Å². The van der Waals surface area contributed by atoms with Crippen molar-refractivity contribution in [1.82, 2.24) is 5.32 Å². The number of anilines is 1. The molecule has 0 spiro atoms. The van der Waals surface area contributed by atoms with E-state index in [1.165, 1.54) is 12.5 Å². The molecule has 10 heteroatoms. The number of amides is 1. The molecular weight excluding hydrogens is 436 g/mol. The molecule has 1 amide bonds. The van der Waals surface area contributed by atoms with Gasteiger partial charge in [-0.05, 0) is 80.4 Å². The number of sulfone groups is 1. The van der Waals surface area contributed by atoms with Crippen molar-refractivity contribution in [2.24, 2.45) is 23.7 Å². The molecule has 176 valence electrons. The monoisotopic (exact) mass is 466 g/mol. The van der Waals surface area contributed by atoms with E-state index in [1.807, 2.05) is 0 Å². The predicted molar refractivity (Wildman–Crippen MR) is 114 cm³/mol. The Hall–Kier alpha value is -2.17. The Bertz CT molecular complexity index is 980. The van der Waals surface area contributed by atoms with Gasteiger partial charge in [-0.25, -0.2) is 13.2 Å². The minimum Gasteiger partial charge on any atom is -0.449 e. The lowest BCUT2D eigenvalue weighted by Crippen LogP contribution is -2.57. The summed E-state index contributed by atoms with van der Waals surface area (Å²) in [5.74, 6) is 1.39. The van der Waals surface area contributed by atoms with Gasteiger partial charge in [0.25, 0.3) is 5.91 Å². The average Bonchev–Trinajstić information content (AvgIpc) is 2.72. The Morgan fingerprint density at radius 2 is 1.72 bits per heavy atom. The van der Waals surface area contributed by atoms with Gasteiger partial charge in [-0.2, -0.15) is 0 Å². The lowest BCUT2D eigenvalue weighted by Gasteiger charge is -2.54. The molecule has 0 aliphatic heterocycles. The van der Waals surface area contributed by atoms with Crippen LogP contribution in [0.5, 0.6) is 0 Å². The molecule has 1 aromatic carbocycles. The molecule has 0 heterocycles. The van der Waals surface area contributed by atoms with E-state index in [4.69, 9.17) is 4.74 Å². The highest BCUT2D eigenvalue weighted by atomic mass is 32.2. The maximum atomic E-state index is 12.9. The first-order valence-corrected chi connectivity index (χ1v) is 13.0. The van der Waals surface area contributed by atoms with Crippen molar-refractivity contribution in [3.8, 4) is 0 Å². The normalized spacial score (nSPS) is 29.4. The third kappa shape index (κ3) is 4.49. The zero-order valence-corrected chi connectivity index (χ0v) is 19.0. The van der Waals surface area contributed by atoms with E-state index in [-0.39, 0.29) is 34.1 Å². The van der Waals surface area contributed by atoms with Crippen LogP contribution < -0.4 is 10.5 Å². The Labute approximate surface area is 187 Å². The number of esters is 1. The van der Waals surface area contributed by atoms with Crippen LogP contribution in [-0.2, 0) is 19.4 Å². The standard InChI is InChI=1S/C22H30N2O7S/c1-3-18(21(25)23-20-15-7-12-6-13(9-15)10-16(20)8-12)31-22(26)14-4-5-19(32(2,29)30)17(11-14)24(27)28/h4-5,11-13,15-16,18,20,27-28H,3,6-10H2,1-2H3,(H,23,25). The summed E-state index contributed by atoms with van der Waals surface area (Å²) in [7, 11) is -3.76. The van der Waals surface area contributed by atoms with E-state index in [0.29, 0.717) is 11.8 Å². The molecule has 4 aliphatic carbocycles. The molecule has 4 fully saturated rings. The van der Waals surface area contributed by atoms with Crippen molar-refractivity contribution < 1.29 is 33.2 Å². The minimum absolute atomic E-state index is 0.0960. The van der Waals surface area contributed by atoms with Crippen molar-refractivity contribution in [1.29, 1.82) is 0 Å². The topological polar surface area (TPSA) is 133 Å². The molecule has 4 aliphatic rings. The van der Waals surface area contributed by atoms with Crippen LogP contribution in [0.25, 0.3) is 0 Å². The van der Waals surface area contributed by atoms with Gasteiger partial charge in [0, 0.05) is 12.3 Å². The summed E-state index contributed by atoms with van der Waals surface area (Å²) in [5.41, 5.74) is -0.575. The molecule has 5 rings (SSSR count). The van der Waals surface area contributed by atoms with Gasteiger partial charge < -0.3 is 10.1 Å². The summed E-state index contributed by atoms with van der Waals surface area (Å²) in [5, 5.41) is 21.5. The number of benzene rings is 1. The summed E-state index contributed by atoms with van der Waals surface area (Å²) in [4.78, 5) is 25.2. The second-order valence-electron chi connectivity index (χ2n) is 9.51. The van der Waals surface area contributed by atoms with Crippen LogP contribution in [-0.4, -0.2) is 49.1 Å². The van der Waals surface area contributed by atoms with Gasteiger partial charge in [0.1, 0.15) is 5.69 Å². The van der Waals surface area contributed by atoms with E-state index >= 15 is 0 Å². The molecule has 0 radical (unpaired) electrons. The molecule has 4 bridgehead atoms. The fraction of sp³-hybridized carbons (Fsp3) is 0.636. The Morgan fingerprint density at radius 1 is 1.12 bits per heavy atom. The molecule has 0 aromatic heterocycles. The number of ether oxygens (including phenoxy) is 1.